The summed E-state index contributed by atoms with van der Waals surface area (Å²) in [6.45, 7) is 9.14. The summed E-state index contributed by atoms with van der Waals surface area (Å²) >= 11 is 1.72. The third-order valence-electron chi connectivity index (χ3n) is 6.26. The first-order valence-corrected chi connectivity index (χ1v) is 12.1. The molecule has 2 nitrogen and oxygen atoms in total. The molecule has 0 atom stereocenters. The van der Waals surface area contributed by atoms with Gasteiger partial charge in [0.05, 0.1) is 0 Å². The highest BCUT2D eigenvalue weighted by molar-refractivity contribution is 7.19. The Hall–Kier alpha value is -2.91. The van der Waals surface area contributed by atoms with Crippen LogP contribution < -0.4 is 5.32 Å². The molecular weight excluding hydrogens is 410 g/mol. The van der Waals surface area contributed by atoms with Crippen LogP contribution in [0.15, 0.2) is 83.5 Å². The highest BCUT2D eigenvalue weighted by Gasteiger charge is 2.26. The molecule has 0 bridgehead atoms. The normalized spacial score (nSPS) is 16.7. The predicted octanol–water partition coefficient (Wildman–Crippen LogP) is 8.64. The van der Waals surface area contributed by atoms with Crippen LogP contribution in [-0.4, -0.2) is 5.91 Å². The van der Waals surface area contributed by atoms with Crippen molar-refractivity contribution in [3.05, 3.63) is 93.9 Å². The number of hydrogen-bond acceptors (Lipinski definition) is 2. The van der Waals surface area contributed by atoms with Crippen LogP contribution in [-0.2, 0) is 0 Å². The summed E-state index contributed by atoms with van der Waals surface area (Å²) in [5.74, 6) is -0.0820. The first-order valence-electron chi connectivity index (χ1n) is 11.3. The van der Waals surface area contributed by atoms with E-state index < -0.39 is 0 Å². The molecule has 164 valence electrons. The van der Waals surface area contributed by atoms with Crippen LogP contribution in [0, 0.1) is 5.41 Å². The molecule has 3 aromatic rings. The Labute approximate surface area is 195 Å². The van der Waals surface area contributed by atoms with E-state index in [-0.39, 0.29) is 11.3 Å². The number of nitrogens with one attached hydrogen (secondary N) is 1. The number of fused-ring (bicyclic) bond motifs is 1. The van der Waals surface area contributed by atoms with Crippen molar-refractivity contribution in [3.8, 4) is 0 Å². The molecule has 0 saturated carbocycles. The number of carbonyl (C=O) groups excluding carboxylic acids is 1. The zero-order valence-electron chi connectivity index (χ0n) is 19.4. The van der Waals surface area contributed by atoms with Gasteiger partial charge in [-0.25, -0.2) is 0 Å². The first-order chi connectivity index (χ1) is 15.3. The van der Waals surface area contributed by atoms with E-state index in [9.17, 15) is 4.79 Å². The zero-order chi connectivity index (χ0) is 22.7. The molecule has 0 radical (unpaired) electrons. The maximum Gasteiger partial charge on any atom is 0.255 e. The van der Waals surface area contributed by atoms with E-state index in [0.29, 0.717) is 5.56 Å². The maximum atomic E-state index is 12.6. The van der Waals surface area contributed by atoms with Gasteiger partial charge >= 0.3 is 0 Å². The molecule has 0 spiro atoms. The molecule has 3 heteroatoms. The Morgan fingerprint density at radius 2 is 1.88 bits per heavy atom. The minimum atomic E-state index is -0.0820. The van der Waals surface area contributed by atoms with Crippen molar-refractivity contribution >= 4 is 39.1 Å². The number of carbonyl (C=O) groups is 1. The van der Waals surface area contributed by atoms with Crippen molar-refractivity contribution < 1.29 is 4.79 Å². The van der Waals surface area contributed by atoms with Crippen LogP contribution in [0.2, 0.25) is 0 Å². The fraction of sp³-hybridized carbons (Fsp3) is 0.276. The predicted molar refractivity (Wildman–Crippen MR) is 139 cm³/mol. The molecule has 2 aromatic carbocycles. The van der Waals surface area contributed by atoms with Gasteiger partial charge in [0, 0.05) is 20.8 Å². The Morgan fingerprint density at radius 3 is 2.62 bits per heavy atom. The van der Waals surface area contributed by atoms with E-state index in [1.807, 2.05) is 48.5 Å². The average molecular weight is 442 g/mol. The minimum Gasteiger partial charge on any atom is -0.322 e. The summed E-state index contributed by atoms with van der Waals surface area (Å²) in [4.78, 5) is 13.8. The molecule has 0 fully saturated rings. The molecule has 4 rings (SSSR count). The second-order valence-electron chi connectivity index (χ2n) is 9.37. The standard InChI is InChI=1S/C29H31NOS/c1-20(12-15-26-21(2)9-8-16-29(26,3)4)17-25-18-22-13-14-23(19-27(22)32-25)28(31)30-24-10-6-5-7-11-24/h5-7,10-15,17-19H,8-9,16H2,1-4H3,(H,30,31)/b15-12+,20-17+. The fourth-order valence-corrected chi connectivity index (χ4v) is 5.60. The van der Waals surface area contributed by atoms with Crippen molar-refractivity contribution in [1.29, 1.82) is 0 Å². The van der Waals surface area contributed by atoms with Gasteiger partial charge in [0.15, 0.2) is 0 Å². The summed E-state index contributed by atoms with van der Waals surface area (Å²) in [5, 5.41) is 4.13. The summed E-state index contributed by atoms with van der Waals surface area (Å²) in [6.07, 6.45) is 10.6. The van der Waals surface area contributed by atoms with Crippen molar-refractivity contribution in [3.63, 3.8) is 0 Å². The number of benzene rings is 2. The number of para-hydroxylation sites is 1. The molecule has 0 saturated heterocycles. The van der Waals surface area contributed by atoms with Crippen LogP contribution in [0.3, 0.4) is 0 Å². The highest BCUT2D eigenvalue weighted by Crippen LogP contribution is 2.41. The first kappa shape index (κ1) is 22.3. The molecule has 1 aliphatic carbocycles. The van der Waals surface area contributed by atoms with Gasteiger partial charge in [-0.3, -0.25) is 4.79 Å². The number of rotatable bonds is 5. The van der Waals surface area contributed by atoms with Crippen LogP contribution in [0.4, 0.5) is 5.69 Å². The second-order valence-corrected chi connectivity index (χ2v) is 10.5. The number of thiophene rings is 1. The summed E-state index contributed by atoms with van der Waals surface area (Å²) in [7, 11) is 0. The zero-order valence-corrected chi connectivity index (χ0v) is 20.2. The van der Waals surface area contributed by atoms with Crippen molar-refractivity contribution in [2.24, 2.45) is 5.41 Å². The van der Waals surface area contributed by atoms with Crippen molar-refractivity contribution in [2.45, 2.75) is 47.0 Å². The molecular formula is C29H31NOS. The third-order valence-corrected chi connectivity index (χ3v) is 7.30. The Kier molecular flexibility index (Phi) is 6.48. The Morgan fingerprint density at radius 1 is 1.09 bits per heavy atom. The van der Waals surface area contributed by atoms with E-state index >= 15 is 0 Å². The van der Waals surface area contributed by atoms with Gasteiger partial charge in [0.2, 0.25) is 0 Å². The van der Waals surface area contributed by atoms with Gasteiger partial charge in [-0.2, -0.15) is 0 Å². The lowest BCUT2D eigenvalue weighted by Crippen LogP contribution is -2.19. The van der Waals surface area contributed by atoms with Gasteiger partial charge in [0.1, 0.15) is 0 Å². The molecule has 1 amide bonds. The van der Waals surface area contributed by atoms with Crippen LogP contribution in [0.1, 0.15) is 62.2 Å². The SMILES string of the molecule is CC1=C(/C=C/C(C)=C/c2cc3ccc(C(=O)Nc4ccccc4)cc3s2)C(C)(C)CCC1. The molecule has 1 aliphatic rings. The molecule has 0 aliphatic heterocycles. The maximum absolute atomic E-state index is 12.6. The second kappa shape index (κ2) is 9.30. The van der Waals surface area contributed by atoms with Gasteiger partial charge in [-0.05, 0) is 91.5 Å². The quantitative estimate of drug-likeness (QED) is 0.394. The van der Waals surface area contributed by atoms with Gasteiger partial charge in [0.25, 0.3) is 5.91 Å². The molecule has 0 unspecified atom stereocenters. The largest absolute Gasteiger partial charge is 0.322 e. The number of hydrogen-bond donors (Lipinski definition) is 1. The summed E-state index contributed by atoms with van der Waals surface area (Å²) in [5.41, 5.74) is 5.99. The Balaban J connectivity index is 1.52. The molecule has 1 N–H and O–H groups in total. The van der Waals surface area contributed by atoms with Gasteiger partial charge in [-0.1, -0.05) is 55.8 Å². The number of allylic oxidation sites excluding steroid dienone is 5. The summed E-state index contributed by atoms with van der Waals surface area (Å²) in [6, 6.07) is 17.7. The molecule has 1 heterocycles. The monoisotopic (exact) mass is 441 g/mol. The third kappa shape index (κ3) is 5.11. The lowest BCUT2D eigenvalue weighted by Gasteiger charge is -2.32. The van der Waals surface area contributed by atoms with Crippen LogP contribution in [0.5, 0.6) is 0 Å². The smallest absolute Gasteiger partial charge is 0.255 e. The highest BCUT2D eigenvalue weighted by atomic mass is 32.1. The lowest BCUT2D eigenvalue weighted by atomic mass is 9.72. The van der Waals surface area contributed by atoms with Crippen molar-refractivity contribution in [2.75, 3.05) is 5.32 Å². The van der Waals surface area contributed by atoms with Crippen molar-refractivity contribution in [1.82, 2.24) is 0 Å². The lowest BCUT2D eigenvalue weighted by molar-refractivity contribution is 0.102. The fourth-order valence-electron chi connectivity index (χ4n) is 4.49. The average Bonchev–Trinajstić information content (AvgIpc) is 3.15. The van der Waals surface area contributed by atoms with E-state index in [1.165, 1.54) is 46.2 Å². The van der Waals surface area contributed by atoms with Gasteiger partial charge < -0.3 is 5.32 Å². The van der Waals surface area contributed by atoms with E-state index in [1.54, 1.807) is 11.3 Å². The van der Waals surface area contributed by atoms with Gasteiger partial charge in [-0.15, -0.1) is 11.3 Å². The minimum absolute atomic E-state index is 0.0820. The number of anilines is 1. The van der Waals surface area contributed by atoms with E-state index in [2.05, 4.69) is 57.3 Å². The van der Waals surface area contributed by atoms with Crippen LogP contribution in [0.25, 0.3) is 16.2 Å². The summed E-state index contributed by atoms with van der Waals surface area (Å²) < 4.78 is 1.13. The number of amides is 1. The topological polar surface area (TPSA) is 29.1 Å². The van der Waals surface area contributed by atoms with Crippen LogP contribution >= 0.6 is 11.3 Å². The molecule has 32 heavy (non-hydrogen) atoms. The van der Waals surface area contributed by atoms with E-state index in [0.717, 1.165) is 10.4 Å². The molecule has 1 aromatic heterocycles. The Bertz CT molecular complexity index is 1220. The van der Waals surface area contributed by atoms with E-state index in [4.69, 9.17) is 0 Å².